The van der Waals surface area contributed by atoms with Crippen molar-refractivity contribution in [3.63, 3.8) is 0 Å². The highest BCUT2D eigenvalue weighted by Gasteiger charge is 2.11. The molecule has 0 aliphatic rings. The first-order valence-electron chi connectivity index (χ1n) is 6.24. The molecule has 3 nitrogen and oxygen atoms in total. The Bertz CT molecular complexity index is 745. The summed E-state index contributed by atoms with van der Waals surface area (Å²) < 4.78 is 2.38. The number of nitrogens with zero attached hydrogens (tertiary/aromatic N) is 2. The topological polar surface area (TPSA) is 34.9 Å². The molecule has 2 aromatic heterocycles. The molecule has 0 N–H and O–H groups in total. The third kappa shape index (κ3) is 2.31. The minimum Gasteiger partial charge on any atom is -0.266 e. The van der Waals surface area contributed by atoms with Crippen molar-refractivity contribution in [3.05, 3.63) is 63.9 Å². The lowest BCUT2D eigenvalue weighted by Gasteiger charge is -2.13. The SMILES string of the molecule is CC(Cc1ccccc1)n1ncc2ccsc2c1=O. The number of fused-ring (bicyclic) bond motifs is 1. The number of thiophene rings is 1. The van der Waals surface area contributed by atoms with E-state index >= 15 is 0 Å². The summed E-state index contributed by atoms with van der Waals surface area (Å²) in [6, 6.07) is 12.2. The molecule has 3 rings (SSSR count). The fourth-order valence-corrected chi connectivity index (χ4v) is 3.03. The van der Waals surface area contributed by atoms with Crippen LogP contribution in [0.3, 0.4) is 0 Å². The van der Waals surface area contributed by atoms with Crippen molar-refractivity contribution in [2.24, 2.45) is 0 Å². The van der Waals surface area contributed by atoms with Crippen LogP contribution in [-0.2, 0) is 6.42 Å². The lowest BCUT2D eigenvalue weighted by Crippen LogP contribution is -2.26. The Morgan fingerprint density at radius 3 is 2.84 bits per heavy atom. The van der Waals surface area contributed by atoms with Gasteiger partial charge in [0.05, 0.1) is 12.2 Å². The summed E-state index contributed by atoms with van der Waals surface area (Å²) in [5, 5.41) is 7.14. The minimum atomic E-state index is 0.0101. The molecule has 3 aromatic rings. The Labute approximate surface area is 115 Å². The normalized spacial score (nSPS) is 12.7. The molecule has 0 bridgehead atoms. The molecule has 0 spiro atoms. The van der Waals surface area contributed by atoms with E-state index < -0.39 is 0 Å². The summed E-state index contributed by atoms with van der Waals surface area (Å²) in [5.74, 6) is 0. The average molecular weight is 270 g/mol. The van der Waals surface area contributed by atoms with Gasteiger partial charge in [0.25, 0.3) is 5.56 Å². The molecule has 0 amide bonds. The van der Waals surface area contributed by atoms with Gasteiger partial charge in [0, 0.05) is 5.39 Å². The van der Waals surface area contributed by atoms with Crippen LogP contribution in [0, 0.1) is 0 Å². The summed E-state index contributed by atoms with van der Waals surface area (Å²) in [6.07, 6.45) is 2.58. The van der Waals surface area contributed by atoms with Gasteiger partial charge in [-0.15, -0.1) is 11.3 Å². The van der Waals surface area contributed by atoms with Crippen LogP contribution in [0.5, 0.6) is 0 Å². The summed E-state index contributed by atoms with van der Waals surface area (Å²) >= 11 is 1.48. The van der Waals surface area contributed by atoms with Gasteiger partial charge in [0.15, 0.2) is 0 Å². The Balaban J connectivity index is 1.95. The molecular weight excluding hydrogens is 256 g/mol. The van der Waals surface area contributed by atoms with E-state index in [9.17, 15) is 4.79 Å². The summed E-state index contributed by atoms with van der Waals surface area (Å²) in [6.45, 7) is 2.03. The van der Waals surface area contributed by atoms with E-state index in [1.54, 1.807) is 10.9 Å². The molecule has 96 valence electrons. The van der Waals surface area contributed by atoms with Crippen molar-refractivity contribution in [1.82, 2.24) is 9.78 Å². The van der Waals surface area contributed by atoms with Crippen LogP contribution in [0.2, 0.25) is 0 Å². The molecule has 2 heterocycles. The number of rotatable bonds is 3. The fourth-order valence-electron chi connectivity index (χ4n) is 2.23. The monoisotopic (exact) mass is 270 g/mol. The first-order valence-corrected chi connectivity index (χ1v) is 7.12. The lowest BCUT2D eigenvalue weighted by atomic mass is 10.1. The molecule has 0 aliphatic heterocycles. The maximum atomic E-state index is 12.3. The highest BCUT2D eigenvalue weighted by Crippen LogP contribution is 2.17. The van der Waals surface area contributed by atoms with E-state index in [4.69, 9.17) is 0 Å². The lowest BCUT2D eigenvalue weighted by molar-refractivity contribution is 0.468. The average Bonchev–Trinajstić information content (AvgIpc) is 2.89. The second kappa shape index (κ2) is 4.97. The smallest absolute Gasteiger partial charge is 0.266 e. The van der Waals surface area contributed by atoms with Crippen molar-refractivity contribution in [3.8, 4) is 0 Å². The molecule has 1 atom stereocenters. The van der Waals surface area contributed by atoms with E-state index in [0.29, 0.717) is 0 Å². The number of aromatic nitrogens is 2. The van der Waals surface area contributed by atoms with E-state index in [-0.39, 0.29) is 11.6 Å². The van der Waals surface area contributed by atoms with E-state index in [2.05, 4.69) is 17.2 Å². The van der Waals surface area contributed by atoms with Crippen LogP contribution < -0.4 is 5.56 Å². The van der Waals surface area contributed by atoms with Gasteiger partial charge < -0.3 is 0 Å². The molecule has 0 fully saturated rings. The molecule has 0 radical (unpaired) electrons. The van der Waals surface area contributed by atoms with Gasteiger partial charge >= 0.3 is 0 Å². The van der Waals surface area contributed by atoms with Gasteiger partial charge in [-0.05, 0) is 30.4 Å². The number of hydrogen-bond acceptors (Lipinski definition) is 3. The fraction of sp³-hybridized carbons (Fsp3) is 0.200. The number of hydrogen-bond donors (Lipinski definition) is 0. The Morgan fingerprint density at radius 1 is 1.26 bits per heavy atom. The van der Waals surface area contributed by atoms with Crippen LogP contribution in [-0.4, -0.2) is 9.78 Å². The van der Waals surface area contributed by atoms with Crippen molar-refractivity contribution in [2.45, 2.75) is 19.4 Å². The standard InChI is InChI=1S/C15H14N2OS/c1-11(9-12-5-3-2-4-6-12)17-15(18)14-13(10-16-17)7-8-19-14/h2-8,10-11H,9H2,1H3. The van der Waals surface area contributed by atoms with E-state index in [1.807, 2.05) is 36.6 Å². The van der Waals surface area contributed by atoms with Crippen LogP contribution in [0.4, 0.5) is 0 Å². The third-order valence-electron chi connectivity index (χ3n) is 3.21. The highest BCUT2D eigenvalue weighted by molar-refractivity contribution is 7.17. The summed E-state index contributed by atoms with van der Waals surface area (Å²) in [7, 11) is 0. The molecule has 0 saturated heterocycles. The van der Waals surface area contributed by atoms with Crippen molar-refractivity contribution in [2.75, 3.05) is 0 Å². The zero-order chi connectivity index (χ0) is 13.2. The van der Waals surface area contributed by atoms with Gasteiger partial charge in [-0.1, -0.05) is 30.3 Å². The van der Waals surface area contributed by atoms with Gasteiger partial charge in [-0.25, -0.2) is 4.68 Å². The largest absolute Gasteiger partial charge is 0.284 e. The zero-order valence-electron chi connectivity index (χ0n) is 10.6. The van der Waals surface area contributed by atoms with Gasteiger partial charge in [0.2, 0.25) is 0 Å². The molecule has 0 saturated carbocycles. The third-order valence-corrected chi connectivity index (χ3v) is 4.13. The maximum Gasteiger partial charge on any atom is 0.284 e. The molecule has 0 aliphatic carbocycles. The van der Waals surface area contributed by atoms with Crippen LogP contribution in [0.15, 0.2) is 52.8 Å². The second-order valence-corrected chi connectivity index (χ2v) is 5.55. The minimum absolute atomic E-state index is 0.0101. The van der Waals surface area contributed by atoms with Crippen molar-refractivity contribution >= 4 is 21.4 Å². The number of benzene rings is 1. The molecule has 4 heteroatoms. The predicted octanol–water partition coefficient (Wildman–Crippen LogP) is 3.26. The van der Waals surface area contributed by atoms with Gasteiger partial charge in [-0.2, -0.15) is 5.10 Å². The second-order valence-electron chi connectivity index (χ2n) is 4.64. The Hall–Kier alpha value is -1.94. The molecule has 19 heavy (non-hydrogen) atoms. The Morgan fingerprint density at radius 2 is 2.05 bits per heavy atom. The quantitative estimate of drug-likeness (QED) is 0.732. The van der Waals surface area contributed by atoms with Crippen molar-refractivity contribution in [1.29, 1.82) is 0 Å². The first-order chi connectivity index (χ1) is 9.25. The molecule has 1 unspecified atom stereocenters. The zero-order valence-corrected chi connectivity index (χ0v) is 11.4. The Kier molecular flexibility index (Phi) is 3.17. The van der Waals surface area contributed by atoms with Gasteiger partial charge in [-0.3, -0.25) is 4.79 Å². The van der Waals surface area contributed by atoms with Crippen LogP contribution in [0.25, 0.3) is 10.1 Å². The summed E-state index contributed by atoms with van der Waals surface area (Å²) in [5.41, 5.74) is 1.23. The predicted molar refractivity (Wildman–Crippen MR) is 78.7 cm³/mol. The van der Waals surface area contributed by atoms with Gasteiger partial charge in [0.1, 0.15) is 4.70 Å². The molecule has 1 aromatic carbocycles. The molecular formula is C15H14N2OS. The van der Waals surface area contributed by atoms with Crippen LogP contribution >= 0.6 is 11.3 Å². The van der Waals surface area contributed by atoms with E-state index in [0.717, 1.165) is 16.5 Å². The van der Waals surface area contributed by atoms with Crippen molar-refractivity contribution < 1.29 is 0 Å². The maximum absolute atomic E-state index is 12.3. The summed E-state index contributed by atoms with van der Waals surface area (Å²) in [4.78, 5) is 12.3. The van der Waals surface area contributed by atoms with E-state index in [1.165, 1.54) is 16.9 Å². The highest BCUT2D eigenvalue weighted by atomic mass is 32.1. The van der Waals surface area contributed by atoms with Crippen LogP contribution in [0.1, 0.15) is 18.5 Å². The first kappa shape index (κ1) is 12.1.